The molecule has 0 spiro atoms. The van der Waals surface area contributed by atoms with Gasteiger partial charge in [0, 0.05) is 28.7 Å². The number of esters is 1. The van der Waals surface area contributed by atoms with Gasteiger partial charge < -0.3 is 14.0 Å². The van der Waals surface area contributed by atoms with Gasteiger partial charge in [-0.15, -0.1) is 0 Å². The minimum Gasteiger partial charge on any atom is -0.449 e. The summed E-state index contributed by atoms with van der Waals surface area (Å²) in [7, 11) is 0. The summed E-state index contributed by atoms with van der Waals surface area (Å²) in [4.78, 5) is 38.2. The van der Waals surface area contributed by atoms with E-state index in [9.17, 15) is 23.2 Å². The Kier molecular flexibility index (Phi) is 7.80. The Morgan fingerprint density at radius 1 is 0.974 bits per heavy atom. The third kappa shape index (κ3) is 5.86. The number of rotatable bonds is 9. The molecular weight excluding hydrogens is 496 g/mol. The van der Waals surface area contributed by atoms with Crippen LogP contribution in [0.1, 0.15) is 44.7 Å². The molecule has 0 aliphatic carbocycles. The van der Waals surface area contributed by atoms with E-state index >= 15 is 0 Å². The molecule has 2 aromatic heterocycles. The van der Waals surface area contributed by atoms with Gasteiger partial charge >= 0.3 is 12.6 Å². The number of Topliss-reactive ketones (excluding diaryl/α,β-unsaturated/α-hetero) is 1. The van der Waals surface area contributed by atoms with Crippen LogP contribution < -0.4 is 10.3 Å². The van der Waals surface area contributed by atoms with Gasteiger partial charge in [-0.3, -0.25) is 9.59 Å². The molecule has 2 heterocycles. The van der Waals surface area contributed by atoms with Crippen LogP contribution in [-0.4, -0.2) is 38.8 Å². The Balaban J connectivity index is 1.50. The van der Waals surface area contributed by atoms with E-state index in [-0.39, 0.29) is 23.5 Å². The van der Waals surface area contributed by atoms with Gasteiger partial charge in [0.05, 0.1) is 6.54 Å². The fourth-order valence-corrected chi connectivity index (χ4v) is 4.11. The predicted molar refractivity (Wildman–Crippen MR) is 135 cm³/mol. The third-order valence-electron chi connectivity index (χ3n) is 5.92. The van der Waals surface area contributed by atoms with Gasteiger partial charge in [-0.2, -0.15) is 13.9 Å². The van der Waals surface area contributed by atoms with Crippen LogP contribution in [0.4, 0.5) is 8.78 Å². The lowest BCUT2D eigenvalue weighted by Crippen LogP contribution is -2.28. The predicted octanol–water partition coefficient (Wildman–Crippen LogP) is 4.73. The van der Waals surface area contributed by atoms with Crippen LogP contribution in [-0.2, 0) is 11.3 Å². The minimum atomic E-state index is -2.92. The molecule has 0 bridgehead atoms. The zero-order valence-corrected chi connectivity index (χ0v) is 20.9. The molecule has 0 saturated carbocycles. The van der Waals surface area contributed by atoms with Crippen molar-refractivity contribution in [2.45, 2.75) is 40.0 Å². The number of ether oxygens (including phenoxy) is 2. The van der Waals surface area contributed by atoms with Gasteiger partial charge in [0.25, 0.3) is 5.56 Å². The number of ketones is 1. The van der Waals surface area contributed by atoms with Crippen LogP contribution >= 0.6 is 0 Å². The van der Waals surface area contributed by atoms with E-state index in [2.05, 4.69) is 9.84 Å². The number of aromatic nitrogens is 3. The van der Waals surface area contributed by atoms with E-state index in [1.807, 2.05) is 30.3 Å². The summed E-state index contributed by atoms with van der Waals surface area (Å²) in [6, 6.07) is 19.4. The highest BCUT2D eigenvalue weighted by atomic mass is 19.3. The SMILES string of the molecule is Cc1cc(C(=O)[C@H](C)OC(=O)c2ccc(=O)n(Cc3ccccc3)n2)c(C)n1-c1ccc(OC(F)F)cc1. The zero-order chi connectivity index (χ0) is 27.4. The molecule has 0 saturated heterocycles. The smallest absolute Gasteiger partial charge is 0.387 e. The van der Waals surface area contributed by atoms with E-state index in [1.165, 1.54) is 31.2 Å². The maximum Gasteiger partial charge on any atom is 0.387 e. The molecule has 4 rings (SSSR count). The third-order valence-corrected chi connectivity index (χ3v) is 5.92. The molecule has 0 amide bonds. The second-order valence-electron chi connectivity index (χ2n) is 8.60. The summed E-state index contributed by atoms with van der Waals surface area (Å²) in [5.41, 5.74) is 2.66. The van der Waals surface area contributed by atoms with E-state index in [1.54, 1.807) is 36.6 Å². The number of halogens is 2. The first-order valence-electron chi connectivity index (χ1n) is 11.8. The van der Waals surface area contributed by atoms with E-state index in [0.29, 0.717) is 16.9 Å². The second kappa shape index (κ2) is 11.2. The lowest BCUT2D eigenvalue weighted by atomic mass is 10.1. The Hall–Kier alpha value is -4.60. The van der Waals surface area contributed by atoms with Crippen LogP contribution in [0.3, 0.4) is 0 Å². The van der Waals surface area contributed by atoms with Gasteiger partial charge in [0.2, 0.25) is 5.78 Å². The summed E-state index contributed by atoms with van der Waals surface area (Å²) >= 11 is 0. The number of carbonyl (C=O) groups is 2. The van der Waals surface area contributed by atoms with Crippen molar-refractivity contribution < 1.29 is 27.8 Å². The maximum absolute atomic E-state index is 13.2. The van der Waals surface area contributed by atoms with Crippen LogP contribution in [0.2, 0.25) is 0 Å². The van der Waals surface area contributed by atoms with Crippen molar-refractivity contribution in [2.75, 3.05) is 0 Å². The van der Waals surface area contributed by atoms with Crippen LogP contribution in [0.15, 0.2) is 77.6 Å². The quantitative estimate of drug-likeness (QED) is 0.234. The Labute approximate surface area is 217 Å². The number of carbonyl (C=O) groups excluding carboxylic acids is 2. The number of benzene rings is 2. The van der Waals surface area contributed by atoms with Crippen LogP contribution in [0.25, 0.3) is 5.69 Å². The molecule has 4 aromatic rings. The fourth-order valence-electron chi connectivity index (χ4n) is 4.11. The lowest BCUT2D eigenvalue weighted by molar-refractivity contribution is -0.0498. The summed E-state index contributed by atoms with van der Waals surface area (Å²) in [6.45, 7) is 2.24. The number of nitrogens with zero attached hydrogens (tertiary/aromatic N) is 3. The number of hydrogen-bond acceptors (Lipinski definition) is 6. The standard InChI is InChI=1S/C28H25F2N3O5/c1-17-15-23(18(2)33(17)21-9-11-22(12-10-21)38-28(29)30)26(35)19(3)37-27(36)24-13-14-25(34)32(31-24)16-20-7-5-4-6-8-20/h4-15,19,28H,16H2,1-3H3/t19-/m0/s1. The van der Waals surface area contributed by atoms with Gasteiger partial charge in [0.15, 0.2) is 11.8 Å². The first-order chi connectivity index (χ1) is 18.1. The average Bonchev–Trinajstić information content (AvgIpc) is 3.19. The van der Waals surface area contributed by atoms with Crippen LogP contribution in [0, 0.1) is 13.8 Å². The number of alkyl halides is 2. The fraction of sp³-hybridized carbons (Fsp3) is 0.214. The van der Waals surface area contributed by atoms with Gasteiger partial charge in [-0.05, 0) is 62.7 Å². The van der Waals surface area contributed by atoms with Crippen molar-refractivity contribution in [3.8, 4) is 11.4 Å². The molecule has 0 N–H and O–H groups in total. The number of hydrogen-bond donors (Lipinski definition) is 0. The maximum atomic E-state index is 13.2. The van der Waals surface area contributed by atoms with Crippen LogP contribution in [0.5, 0.6) is 5.75 Å². The highest BCUT2D eigenvalue weighted by Gasteiger charge is 2.25. The molecule has 0 aliphatic rings. The summed E-state index contributed by atoms with van der Waals surface area (Å²) in [6.07, 6.45) is -1.13. The van der Waals surface area contributed by atoms with Crippen molar-refractivity contribution in [3.05, 3.63) is 111 Å². The van der Waals surface area contributed by atoms with Crippen molar-refractivity contribution >= 4 is 11.8 Å². The first kappa shape index (κ1) is 26.5. The summed E-state index contributed by atoms with van der Waals surface area (Å²) < 4.78 is 37.6. The van der Waals surface area contributed by atoms with Gasteiger partial charge in [-0.1, -0.05) is 30.3 Å². The highest BCUT2D eigenvalue weighted by Crippen LogP contribution is 2.25. The van der Waals surface area contributed by atoms with Gasteiger partial charge in [-0.25, -0.2) is 9.48 Å². The van der Waals surface area contributed by atoms with Crippen molar-refractivity contribution in [1.82, 2.24) is 14.3 Å². The molecule has 10 heteroatoms. The van der Waals surface area contributed by atoms with Crippen molar-refractivity contribution in [3.63, 3.8) is 0 Å². The van der Waals surface area contributed by atoms with Crippen molar-refractivity contribution in [1.29, 1.82) is 0 Å². The number of aryl methyl sites for hydroxylation is 1. The molecule has 0 radical (unpaired) electrons. The molecule has 0 fully saturated rings. The van der Waals surface area contributed by atoms with E-state index < -0.39 is 24.5 Å². The van der Waals surface area contributed by atoms with Crippen molar-refractivity contribution in [2.24, 2.45) is 0 Å². The van der Waals surface area contributed by atoms with E-state index in [4.69, 9.17) is 4.74 Å². The molecular formula is C28H25F2N3O5. The lowest BCUT2D eigenvalue weighted by Gasteiger charge is -2.14. The topological polar surface area (TPSA) is 92.4 Å². The largest absolute Gasteiger partial charge is 0.449 e. The summed E-state index contributed by atoms with van der Waals surface area (Å²) in [5, 5.41) is 4.11. The minimum absolute atomic E-state index is 0.0201. The molecule has 1 atom stereocenters. The molecule has 2 aromatic carbocycles. The average molecular weight is 522 g/mol. The molecule has 0 aliphatic heterocycles. The van der Waals surface area contributed by atoms with Gasteiger partial charge in [0.1, 0.15) is 5.75 Å². The summed E-state index contributed by atoms with van der Waals surface area (Å²) in [5.74, 6) is -1.24. The second-order valence-corrected chi connectivity index (χ2v) is 8.60. The van der Waals surface area contributed by atoms with E-state index in [0.717, 1.165) is 15.9 Å². The normalized spacial score (nSPS) is 11.8. The molecule has 8 nitrogen and oxygen atoms in total. The molecule has 0 unspecified atom stereocenters. The Morgan fingerprint density at radius 2 is 1.66 bits per heavy atom. The monoisotopic (exact) mass is 521 g/mol. The Bertz CT molecular complexity index is 1510. The zero-order valence-electron chi connectivity index (χ0n) is 20.9. The highest BCUT2D eigenvalue weighted by molar-refractivity contribution is 6.02. The molecule has 38 heavy (non-hydrogen) atoms. The molecule has 196 valence electrons. The Morgan fingerprint density at radius 3 is 2.32 bits per heavy atom. The first-order valence-corrected chi connectivity index (χ1v) is 11.8.